The Morgan fingerprint density at radius 1 is 1.19 bits per heavy atom. The van der Waals surface area contributed by atoms with Crippen molar-refractivity contribution in [1.29, 1.82) is 0 Å². The van der Waals surface area contributed by atoms with Gasteiger partial charge in [-0.15, -0.1) is 0 Å². The third kappa shape index (κ3) is 1.55. The summed E-state index contributed by atoms with van der Waals surface area (Å²) in [5.74, 6) is 1.25. The lowest BCUT2D eigenvalue weighted by atomic mass is 9.90. The van der Waals surface area contributed by atoms with Crippen LogP contribution in [0.3, 0.4) is 0 Å². The van der Waals surface area contributed by atoms with Gasteiger partial charge in [0.2, 0.25) is 0 Å². The molecule has 0 saturated heterocycles. The molecule has 3 N–H and O–H groups in total. The monoisotopic (exact) mass is 221 g/mol. The van der Waals surface area contributed by atoms with Gasteiger partial charge in [0.05, 0.1) is 0 Å². The van der Waals surface area contributed by atoms with Gasteiger partial charge in [-0.3, -0.25) is 5.73 Å². The number of hydrogen-bond acceptors (Lipinski definition) is 3. The van der Waals surface area contributed by atoms with Crippen molar-refractivity contribution < 1.29 is 9.84 Å². The van der Waals surface area contributed by atoms with Crippen LogP contribution in [-0.4, -0.2) is 10.8 Å². The summed E-state index contributed by atoms with van der Waals surface area (Å²) in [5.41, 5.74) is 9.33. The Labute approximate surface area is 96.2 Å². The number of ether oxygens (including phenoxy) is 1. The molecule has 0 aliphatic carbocycles. The molecule has 0 bridgehead atoms. The van der Waals surface area contributed by atoms with Gasteiger partial charge in [0.15, 0.2) is 5.72 Å². The average molecular weight is 221 g/mol. The second-order valence-corrected chi connectivity index (χ2v) is 4.95. The molecule has 0 spiro atoms. The fourth-order valence-electron chi connectivity index (χ4n) is 2.27. The largest absolute Gasteiger partial charge is 0.507 e. The molecule has 1 heterocycles. The van der Waals surface area contributed by atoms with E-state index in [0.717, 1.165) is 40.8 Å². The topological polar surface area (TPSA) is 55.5 Å². The van der Waals surface area contributed by atoms with E-state index in [1.54, 1.807) is 0 Å². The number of benzene rings is 1. The minimum atomic E-state index is -0.590. The molecule has 88 valence electrons. The summed E-state index contributed by atoms with van der Waals surface area (Å²) in [6, 6.07) is 0. The maximum absolute atomic E-state index is 9.99. The van der Waals surface area contributed by atoms with Crippen LogP contribution in [0.25, 0.3) is 0 Å². The van der Waals surface area contributed by atoms with Crippen LogP contribution in [0.5, 0.6) is 11.5 Å². The second-order valence-electron chi connectivity index (χ2n) is 4.95. The SMILES string of the molecule is Cc1c(C)c2c(c(C)c1O)CC[C@@](C)(N)O2. The third-order valence-electron chi connectivity index (χ3n) is 3.55. The molecule has 0 fully saturated rings. The first kappa shape index (κ1) is 11.3. The van der Waals surface area contributed by atoms with Crippen LogP contribution in [-0.2, 0) is 6.42 Å². The average Bonchev–Trinajstić information content (AvgIpc) is 2.22. The summed E-state index contributed by atoms with van der Waals surface area (Å²) in [6.07, 6.45) is 1.64. The lowest BCUT2D eigenvalue weighted by molar-refractivity contribution is 0.0705. The van der Waals surface area contributed by atoms with Crippen molar-refractivity contribution in [2.75, 3.05) is 0 Å². The van der Waals surface area contributed by atoms with E-state index in [4.69, 9.17) is 10.5 Å². The first-order chi connectivity index (χ1) is 7.33. The molecule has 16 heavy (non-hydrogen) atoms. The number of rotatable bonds is 0. The van der Waals surface area contributed by atoms with E-state index >= 15 is 0 Å². The van der Waals surface area contributed by atoms with E-state index < -0.39 is 5.72 Å². The minimum Gasteiger partial charge on any atom is -0.507 e. The Kier molecular flexibility index (Phi) is 2.39. The van der Waals surface area contributed by atoms with E-state index in [1.165, 1.54) is 0 Å². The lowest BCUT2D eigenvalue weighted by Crippen LogP contribution is -2.45. The van der Waals surface area contributed by atoms with Crippen molar-refractivity contribution in [2.24, 2.45) is 5.73 Å². The van der Waals surface area contributed by atoms with E-state index in [-0.39, 0.29) is 0 Å². The summed E-state index contributed by atoms with van der Waals surface area (Å²) in [7, 11) is 0. The van der Waals surface area contributed by atoms with Gasteiger partial charge in [0.25, 0.3) is 0 Å². The molecular formula is C13H19NO2. The van der Waals surface area contributed by atoms with Crippen LogP contribution in [0.15, 0.2) is 0 Å². The van der Waals surface area contributed by atoms with E-state index in [0.29, 0.717) is 5.75 Å². The number of nitrogens with two attached hydrogens (primary N) is 1. The molecular weight excluding hydrogens is 202 g/mol. The second kappa shape index (κ2) is 3.39. The Bertz CT molecular complexity index is 450. The summed E-state index contributed by atoms with van der Waals surface area (Å²) >= 11 is 0. The van der Waals surface area contributed by atoms with E-state index in [2.05, 4.69) is 0 Å². The summed E-state index contributed by atoms with van der Waals surface area (Å²) in [6.45, 7) is 7.70. The van der Waals surface area contributed by atoms with Crippen molar-refractivity contribution in [2.45, 2.75) is 46.3 Å². The first-order valence-electron chi connectivity index (χ1n) is 5.63. The molecule has 1 aliphatic heterocycles. The number of phenolic OH excluding ortho intramolecular Hbond substituents is 1. The van der Waals surface area contributed by atoms with Gasteiger partial charge < -0.3 is 9.84 Å². The maximum Gasteiger partial charge on any atom is 0.156 e. The minimum absolute atomic E-state index is 0.389. The molecule has 1 aromatic rings. The van der Waals surface area contributed by atoms with Gasteiger partial charge in [-0.25, -0.2) is 0 Å². The Morgan fingerprint density at radius 3 is 2.44 bits per heavy atom. The molecule has 0 amide bonds. The van der Waals surface area contributed by atoms with Gasteiger partial charge in [0.1, 0.15) is 11.5 Å². The van der Waals surface area contributed by atoms with Crippen molar-refractivity contribution in [1.82, 2.24) is 0 Å². The van der Waals surface area contributed by atoms with Crippen molar-refractivity contribution in [3.05, 3.63) is 22.3 Å². The van der Waals surface area contributed by atoms with Crippen LogP contribution in [0.1, 0.15) is 35.6 Å². The zero-order valence-corrected chi connectivity index (χ0v) is 10.3. The zero-order chi connectivity index (χ0) is 12.1. The first-order valence-corrected chi connectivity index (χ1v) is 5.63. The highest BCUT2D eigenvalue weighted by molar-refractivity contribution is 5.58. The zero-order valence-electron chi connectivity index (χ0n) is 10.3. The predicted octanol–water partition coefficient (Wildman–Crippen LogP) is 2.32. The van der Waals surface area contributed by atoms with Gasteiger partial charge in [-0.05, 0) is 50.8 Å². The van der Waals surface area contributed by atoms with Gasteiger partial charge in [-0.2, -0.15) is 0 Å². The van der Waals surface area contributed by atoms with Crippen LogP contribution < -0.4 is 10.5 Å². The van der Waals surface area contributed by atoms with Crippen LogP contribution in [0.4, 0.5) is 0 Å². The highest BCUT2D eigenvalue weighted by Gasteiger charge is 2.31. The molecule has 1 atom stereocenters. The van der Waals surface area contributed by atoms with Crippen LogP contribution >= 0.6 is 0 Å². The quantitative estimate of drug-likeness (QED) is 0.707. The Balaban J connectivity index is 2.65. The molecule has 3 nitrogen and oxygen atoms in total. The van der Waals surface area contributed by atoms with Gasteiger partial charge >= 0.3 is 0 Å². The Morgan fingerprint density at radius 2 is 1.81 bits per heavy atom. The molecule has 1 aromatic carbocycles. The van der Waals surface area contributed by atoms with Crippen molar-refractivity contribution >= 4 is 0 Å². The van der Waals surface area contributed by atoms with E-state index in [1.807, 2.05) is 27.7 Å². The number of phenols is 1. The molecule has 0 radical (unpaired) electrons. The molecule has 2 rings (SSSR count). The standard InChI is InChI=1S/C13H19NO2/c1-7-8(2)12-10(9(3)11(7)15)5-6-13(4,14)16-12/h15H,5-6,14H2,1-4H3/t13-/m0/s1. The number of hydrogen-bond donors (Lipinski definition) is 2. The molecule has 1 aliphatic rings. The van der Waals surface area contributed by atoms with Crippen LogP contribution in [0.2, 0.25) is 0 Å². The van der Waals surface area contributed by atoms with Gasteiger partial charge in [0, 0.05) is 12.0 Å². The fraction of sp³-hybridized carbons (Fsp3) is 0.538. The summed E-state index contributed by atoms with van der Waals surface area (Å²) in [4.78, 5) is 0. The normalized spacial score (nSPS) is 23.8. The number of aromatic hydroxyl groups is 1. The highest BCUT2D eigenvalue weighted by atomic mass is 16.5. The third-order valence-corrected chi connectivity index (χ3v) is 3.55. The molecule has 3 heteroatoms. The van der Waals surface area contributed by atoms with Gasteiger partial charge in [-0.1, -0.05) is 0 Å². The summed E-state index contributed by atoms with van der Waals surface area (Å²) < 4.78 is 5.83. The number of fused-ring (bicyclic) bond motifs is 1. The molecule has 0 unspecified atom stereocenters. The molecule has 0 saturated carbocycles. The highest BCUT2D eigenvalue weighted by Crippen LogP contribution is 2.41. The Hall–Kier alpha value is -1.22. The smallest absolute Gasteiger partial charge is 0.156 e. The van der Waals surface area contributed by atoms with E-state index in [9.17, 15) is 5.11 Å². The maximum atomic E-state index is 9.99. The van der Waals surface area contributed by atoms with Crippen LogP contribution in [0, 0.1) is 20.8 Å². The fourth-order valence-corrected chi connectivity index (χ4v) is 2.27. The van der Waals surface area contributed by atoms with Crippen molar-refractivity contribution in [3.8, 4) is 11.5 Å². The summed E-state index contributed by atoms with van der Waals surface area (Å²) in [5, 5.41) is 9.99. The lowest BCUT2D eigenvalue weighted by Gasteiger charge is -2.34. The van der Waals surface area contributed by atoms with Crippen molar-refractivity contribution in [3.63, 3.8) is 0 Å². The predicted molar refractivity (Wildman–Crippen MR) is 63.9 cm³/mol. The molecule has 0 aromatic heterocycles.